The summed E-state index contributed by atoms with van der Waals surface area (Å²) in [5.74, 6) is 0.430. The second-order valence-corrected chi connectivity index (χ2v) is 4.75. The molecule has 136 valence electrons. The van der Waals surface area contributed by atoms with Crippen molar-refractivity contribution in [3.63, 3.8) is 0 Å². The fourth-order valence-electron chi connectivity index (χ4n) is 1.66. The van der Waals surface area contributed by atoms with E-state index in [9.17, 15) is 18.0 Å². The standard InChI is InChI=1S/C14H20F3N5O.HI/c1-10-4-3-5-11(21-10)22-12(23)6-8-19-13(18-2)20-9-7-14(15,16)17;/h3-5H,6-9H2,1-2H3,(H2,18,19,20)(H,21,22,23);1H. The minimum atomic E-state index is -4.22. The van der Waals surface area contributed by atoms with Gasteiger partial charge in [0.2, 0.25) is 5.91 Å². The van der Waals surface area contributed by atoms with Gasteiger partial charge >= 0.3 is 6.18 Å². The minimum Gasteiger partial charge on any atom is -0.356 e. The number of anilines is 1. The number of hydrogen-bond donors (Lipinski definition) is 3. The maximum Gasteiger partial charge on any atom is 0.390 e. The maximum atomic E-state index is 12.0. The number of alkyl halides is 3. The van der Waals surface area contributed by atoms with E-state index in [0.717, 1.165) is 5.69 Å². The van der Waals surface area contributed by atoms with Gasteiger partial charge in [-0.05, 0) is 19.1 Å². The van der Waals surface area contributed by atoms with Gasteiger partial charge in [0.15, 0.2) is 5.96 Å². The molecule has 1 heterocycles. The van der Waals surface area contributed by atoms with E-state index in [0.29, 0.717) is 5.82 Å². The lowest BCUT2D eigenvalue weighted by Crippen LogP contribution is -2.40. The number of guanidine groups is 1. The lowest BCUT2D eigenvalue weighted by atomic mass is 10.3. The largest absolute Gasteiger partial charge is 0.390 e. The van der Waals surface area contributed by atoms with Crippen LogP contribution in [0.2, 0.25) is 0 Å². The van der Waals surface area contributed by atoms with Gasteiger partial charge < -0.3 is 16.0 Å². The first kappa shape index (κ1) is 22.4. The minimum absolute atomic E-state index is 0. The molecule has 3 N–H and O–H groups in total. The molecule has 0 unspecified atom stereocenters. The van der Waals surface area contributed by atoms with Crippen LogP contribution in [-0.2, 0) is 4.79 Å². The van der Waals surface area contributed by atoms with E-state index in [2.05, 4.69) is 25.9 Å². The maximum absolute atomic E-state index is 12.0. The average molecular weight is 459 g/mol. The summed E-state index contributed by atoms with van der Waals surface area (Å²) in [6.07, 6.45) is -5.03. The molecule has 0 bridgehead atoms. The third-order valence-corrected chi connectivity index (χ3v) is 2.72. The Morgan fingerprint density at radius 2 is 1.92 bits per heavy atom. The molecular formula is C14H21F3IN5O. The van der Waals surface area contributed by atoms with Crippen molar-refractivity contribution in [3.8, 4) is 0 Å². The molecule has 1 amide bonds. The number of aryl methyl sites for hydroxylation is 1. The predicted molar refractivity (Wildman–Crippen MR) is 97.7 cm³/mol. The molecule has 1 rings (SSSR count). The van der Waals surface area contributed by atoms with Gasteiger partial charge in [-0.25, -0.2) is 4.98 Å². The highest BCUT2D eigenvalue weighted by molar-refractivity contribution is 14.0. The van der Waals surface area contributed by atoms with Crippen molar-refractivity contribution in [2.75, 3.05) is 25.5 Å². The zero-order valence-electron chi connectivity index (χ0n) is 13.4. The first-order chi connectivity index (χ1) is 10.8. The molecule has 0 radical (unpaired) electrons. The number of rotatable bonds is 6. The molecular weight excluding hydrogens is 438 g/mol. The zero-order chi connectivity index (χ0) is 17.3. The van der Waals surface area contributed by atoms with Crippen LogP contribution in [0.5, 0.6) is 0 Å². The first-order valence-corrected chi connectivity index (χ1v) is 7.05. The lowest BCUT2D eigenvalue weighted by molar-refractivity contribution is -0.132. The number of pyridine rings is 1. The number of halogens is 4. The molecule has 0 aliphatic heterocycles. The molecule has 0 atom stereocenters. The number of amides is 1. The molecule has 0 aliphatic rings. The van der Waals surface area contributed by atoms with Crippen LogP contribution in [0.3, 0.4) is 0 Å². The van der Waals surface area contributed by atoms with Crippen molar-refractivity contribution in [1.29, 1.82) is 0 Å². The molecule has 6 nitrogen and oxygen atoms in total. The monoisotopic (exact) mass is 459 g/mol. The summed E-state index contributed by atoms with van der Waals surface area (Å²) in [4.78, 5) is 19.7. The van der Waals surface area contributed by atoms with Crippen molar-refractivity contribution in [3.05, 3.63) is 23.9 Å². The van der Waals surface area contributed by atoms with E-state index in [-0.39, 0.29) is 55.4 Å². The Bertz CT molecular complexity index is 551. The summed E-state index contributed by atoms with van der Waals surface area (Å²) < 4.78 is 36.1. The molecule has 24 heavy (non-hydrogen) atoms. The van der Waals surface area contributed by atoms with Crippen LogP contribution in [0.15, 0.2) is 23.2 Å². The van der Waals surface area contributed by atoms with E-state index in [1.54, 1.807) is 12.1 Å². The topological polar surface area (TPSA) is 78.4 Å². The highest BCUT2D eigenvalue weighted by Gasteiger charge is 2.26. The molecule has 0 saturated heterocycles. The molecule has 0 spiro atoms. The zero-order valence-corrected chi connectivity index (χ0v) is 15.7. The van der Waals surface area contributed by atoms with Crippen molar-refractivity contribution in [2.24, 2.45) is 4.99 Å². The molecule has 10 heteroatoms. The summed E-state index contributed by atoms with van der Waals surface area (Å²) in [6.45, 7) is 1.78. The lowest BCUT2D eigenvalue weighted by Gasteiger charge is -2.12. The highest BCUT2D eigenvalue weighted by Crippen LogP contribution is 2.17. The van der Waals surface area contributed by atoms with Gasteiger partial charge in [0.25, 0.3) is 0 Å². The summed E-state index contributed by atoms with van der Waals surface area (Å²) in [7, 11) is 1.44. The van der Waals surface area contributed by atoms with Crippen LogP contribution in [0.1, 0.15) is 18.5 Å². The summed E-state index contributed by atoms with van der Waals surface area (Å²) in [5, 5.41) is 7.94. The van der Waals surface area contributed by atoms with Gasteiger partial charge in [-0.2, -0.15) is 13.2 Å². The van der Waals surface area contributed by atoms with Crippen LogP contribution < -0.4 is 16.0 Å². The average Bonchev–Trinajstić information content (AvgIpc) is 2.44. The molecule has 0 aliphatic carbocycles. The van der Waals surface area contributed by atoms with Crippen molar-refractivity contribution in [1.82, 2.24) is 15.6 Å². The van der Waals surface area contributed by atoms with Gasteiger partial charge in [-0.1, -0.05) is 6.07 Å². The van der Waals surface area contributed by atoms with E-state index in [1.807, 2.05) is 13.0 Å². The van der Waals surface area contributed by atoms with Crippen molar-refractivity contribution >= 4 is 41.7 Å². The Kier molecular flexibility index (Phi) is 10.3. The van der Waals surface area contributed by atoms with Crippen LogP contribution in [0, 0.1) is 6.92 Å². The fourth-order valence-corrected chi connectivity index (χ4v) is 1.66. The third-order valence-electron chi connectivity index (χ3n) is 2.72. The number of aromatic nitrogens is 1. The summed E-state index contributed by atoms with van der Waals surface area (Å²) in [6, 6.07) is 5.27. The highest BCUT2D eigenvalue weighted by atomic mass is 127. The Labute approximate surface area is 155 Å². The van der Waals surface area contributed by atoms with Gasteiger partial charge in [0.05, 0.1) is 6.42 Å². The number of hydrogen-bond acceptors (Lipinski definition) is 3. The number of carbonyl (C=O) groups excluding carboxylic acids is 1. The summed E-state index contributed by atoms with van der Waals surface area (Å²) >= 11 is 0. The van der Waals surface area contributed by atoms with Crippen molar-refractivity contribution < 1.29 is 18.0 Å². The predicted octanol–water partition coefficient (Wildman–Crippen LogP) is 2.45. The molecule has 0 fully saturated rings. The Balaban J connectivity index is 0.00000529. The Morgan fingerprint density at radius 1 is 1.25 bits per heavy atom. The van der Waals surface area contributed by atoms with E-state index in [4.69, 9.17) is 0 Å². The fraction of sp³-hybridized carbons (Fsp3) is 0.500. The van der Waals surface area contributed by atoms with Crippen molar-refractivity contribution in [2.45, 2.75) is 25.9 Å². The second-order valence-electron chi connectivity index (χ2n) is 4.75. The molecule has 0 saturated carbocycles. The number of carbonyl (C=O) groups is 1. The van der Waals surface area contributed by atoms with E-state index in [1.165, 1.54) is 7.05 Å². The Hall–Kier alpha value is -1.59. The molecule has 1 aromatic rings. The van der Waals surface area contributed by atoms with Gasteiger partial charge in [0, 0.05) is 32.3 Å². The number of aliphatic imine (C=N–C) groups is 1. The second kappa shape index (κ2) is 11.0. The number of nitrogens with zero attached hydrogens (tertiary/aromatic N) is 2. The SMILES string of the molecule is CN=C(NCCC(=O)Nc1cccc(C)n1)NCCC(F)(F)F.I. The summed E-state index contributed by atoms with van der Waals surface area (Å²) in [5.41, 5.74) is 0.787. The molecule has 1 aromatic heterocycles. The smallest absolute Gasteiger partial charge is 0.356 e. The number of nitrogens with one attached hydrogen (secondary N) is 3. The van der Waals surface area contributed by atoms with Gasteiger partial charge in [0.1, 0.15) is 5.82 Å². The normalized spacial score (nSPS) is 11.5. The third kappa shape index (κ3) is 10.2. The first-order valence-electron chi connectivity index (χ1n) is 7.05. The van der Waals surface area contributed by atoms with E-state index >= 15 is 0 Å². The Morgan fingerprint density at radius 3 is 2.50 bits per heavy atom. The quantitative estimate of drug-likeness (QED) is 0.347. The molecule has 0 aromatic carbocycles. The van der Waals surface area contributed by atoms with Crippen LogP contribution in [0.4, 0.5) is 19.0 Å². The van der Waals surface area contributed by atoms with Crippen LogP contribution in [-0.4, -0.2) is 43.2 Å². The van der Waals surface area contributed by atoms with Crippen LogP contribution >= 0.6 is 24.0 Å². The van der Waals surface area contributed by atoms with Gasteiger partial charge in [-0.15, -0.1) is 24.0 Å². The van der Waals surface area contributed by atoms with Crippen LogP contribution in [0.25, 0.3) is 0 Å². The van der Waals surface area contributed by atoms with Gasteiger partial charge in [-0.3, -0.25) is 9.79 Å². The van der Waals surface area contributed by atoms with E-state index < -0.39 is 12.6 Å².